The Labute approximate surface area is 130 Å². The Morgan fingerprint density at radius 1 is 1.43 bits per heavy atom. The summed E-state index contributed by atoms with van der Waals surface area (Å²) in [4.78, 5) is 11.8. The quantitative estimate of drug-likeness (QED) is 0.610. The highest BCUT2D eigenvalue weighted by Gasteiger charge is 2.21. The summed E-state index contributed by atoms with van der Waals surface area (Å²) in [7, 11) is 1.43. The van der Waals surface area contributed by atoms with Crippen LogP contribution in [0.3, 0.4) is 0 Å². The van der Waals surface area contributed by atoms with E-state index in [0.717, 1.165) is 36.9 Å². The number of hydrogen-bond donors (Lipinski definition) is 1. The lowest BCUT2D eigenvalue weighted by atomic mass is 10.2. The minimum absolute atomic E-state index is 0.216. The van der Waals surface area contributed by atoms with Crippen molar-refractivity contribution in [3.63, 3.8) is 0 Å². The van der Waals surface area contributed by atoms with Gasteiger partial charge in [0.1, 0.15) is 11.9 Å². The summed E-state index contributed by atoms with van der Waals surface area (Å²) in [6, 6.07) is -0.293. The molecule has 1 aliphatic rings. The van der Waals surface area contributed by atoms with E-state index in [-0.39, 0.29) is 12.0 Å². The number of ether oxygens (including phenoxy) is 1. The first-order valence-electron chi connectivity index (χ1n) is 7.62. The summed E-state index contributed by atoms with van der Waals surface area (Å²) in [5.41, 5.74) is 0. The summed E-state index contributed by atoms with van der Waals surface area (Å²) in [6.07, 6.45) is 5.59. The fourth-order valence-corrected chi connectivity index (χ4v) is 3.41. The summed E-state index contributed by atoms with van der Waals surface area (Å²) in [5.74, 6) is 1.47. The van der Waals surface area contributed by atoms with Crippen LogP contribution in [0.25, 0.3) is 0 Å². The van der Waals surface area contributed by atoms with Gasteiger partial charge in [-0.3, -0.25) is 4.79 Å². The number of esters is 1. The third-order valence-electron chi connectivity index (χ3n) is 3.58. The molecule has 1 aromatic heterocycles. The average Bonchev–Trinajstić information content (AvgIpc) is 2.73. The van der Waals surface area contributed by atoms with E-state index in [0.29, 0.717) is 5.75 Å². The van der Waals surface area contributed by atoms with E-state index < -0.39 is 0 Å². The van der Waals surface area contributed by atoms with Crippen molar-refractivity contribution in [2.75, 3.05) is 19.4 Å². The molecule has 0 saturated heterocycles. The van der Waals surface area contributed by atoms with Gasteiger partial charge in [0.05, 0.1) is 7.11 Å². The first-order valence-corrected chi connectivity index (χ1v) is 8.61. The molecule has 0 amide bonds. The summed E-state index contributed by atoms with van der Waals surface area (Å²) in [5, 5.41) is 12.7. The van der Waals surface area contributed by atoms with Gasteiger partial charge in [-0.25, -0.2) is 0 Å². The van der Waals surface area contributed by atoms with Crippen LogP contribution in [0.4, 0.5) is 0 Å². The molecule has 0 radical (unpaired) electrons. The van der Waals surface area contributed by atoms with Gasteiger partial charge in [0.15, 0.2) is 5.16 Å². The first-order chi connectivity index (χ1) is 10.3. The molecule has 0 bridgehead atoms. The molecule has 118 valence electrons. The highest BCUT2D eigenvalue weighted by atomic mass is 32.2. The molecule has 1 aromatic rings. The number of nitrogens with one attached hydrogen (secondary N) is 1. The van der Waals surface area contributed by atoms with E-state index in [9.17, 15) is 4.79 Å². The zero-order valence-electron chi connectivity index (χ0n) is 12.8. The molecule has 21 heavy (non-hydrogen) atoms. The Balaban J connectivity index is 1.97. The number of methoxy groups -OCH3 is 1. The molecule has 7 heteroatoms. The van der Waals surface area contributed by atoms with Crippen molar-refractivity contribution in [2.24, 2.45) is 0 Å². The monoisotopic (exact) mass is 312 g/mol. The molecule has 0 saturated carbocycles. The number of rotatable bonds is 7. The molecule has 0 aromatic carbocycles. The molecule has 1 atom stereocenters. The van der Waals surface area contributed by atoms with Gasteiger partial charge in [0, 0.05) is 18.7 Å². The topological polar surface area (TPSA) is 69.0 Å². The van der Waals surface area contributed by atoms with Gasteiger partial charge in [-0.1, -0.05) is 25.1 Å². The molecule has 0 fully saturated rings. The number of aryl methyl sites for hydroxylation is 1. The van der Waals surface area contributed by atoms with E-state index in [2.05, 4.69) is 27.0 Å². The normalized spacial score (nSPS) is 16.1. The first kappa shape index (κ1) is 16.3. The average molecular weight is 312 g/mol. The number of aromatic nitrogens is 3. The molecule has 2 heterocycles. The van der Waals surface area contributed by atoms with E-state index in [4.69, 9.17) is 4.74 Å². The third-order valence-corrected chi connectivity index (χ3v) is 4.64. The SMILES string of the molecule is CCCNC(CSc1nnc2n1CCCCC2)C(=O)OC. The smallest absolute Gasteiger partial charge is 0.323 e. The second-order valence-corrected chi connectivity index (χ2v) is 6.19. The van der Waals surface area contributed by atoms with E-state index in [1.807, 2.05) is 0 Å². The highest BCUT2D eigenvalue weighted by molar-refractivity contribution is 7.99. The molecule has 0 spiro atoms. The summed E-state index contributed by atoms with van der Waals surface area (Å²) >= 11 is 1.58. The molecule has 0 aliphatic carbocycles. The van der Waals surface area contributed by atoms with Gasteiger partial charge in [-0.2, -0.15) is 0 Å². The fraction of sp³-hybridized carbons (Fsp3) is 0.786. The third kappa shape index (κ3) is 4.44. The van der Waals surface area contributed by atoms with Crippen LogP contribution in [-0.2, 0) is 22.5 Å². The molecule has 1 unspecified atom stereocenters. The molecular formula is C14H24N4O2S. The minimum Gasteiger partial charge on any atom is -0.468 e. The van der Waals surface area contributed by atoms with Crippen molar-refractivity contribution < 1.29 is 9.53 Å². The maximum atomic E-state index is 11.8. The number of carbonyl (C=O) groups excluding carboxylic acids is 1. The van der Waals surface area contributed by atoms with Crippen molar-refractivity contribution >= 4 is 17.7 Å². The van der Waals surface area contributed by atoms with Crippen LogP contribution in [0.5, 0.6) is 0 Å². The zero-order valence-corrected chi connectivity index (χ0v) is 13.6. The molecule has 1 N–H and O–H groups in total. The lowest BCUT2D eigenvalue weighted by molar-refractivity contribution is -0.142. The number of fused-ring (bicyclic) bond motifs is 1. The highest BCUT2D eigenvalue weighted by Crippen LogP contribution is 2.22. The Morgan fingerprint density at radius 2 is 2.29 bits per heavy atom. The summed E-state index contributed by atoms with van der Waals surface area (Å²) in [6.45, 7) is 3.86. The van der Waals surface area contributed by atoms with Gasteiger partial charge in [0.2, 0.25) is 0 Å². The largest absolute Gasteiger partial charge is 0.468 e. The number of nitrogens with zero attached hydrogens (tertiary/aromatic N) is 3. The number of thioether (sulfide) groups is 1. The summed E-state index contributed by atoms with van der Waals surface area (Å²) < 4.78 is 7.05. The van der Waals surface area contributed by atoms with Gasteiger partial charge >= 0.3 is 5.97 Å². The van der Waals surface area contributed by atoms with Crippen molar-refractivity contribution in [3.8, 4) is 0 Å². The molecule has 6 nitrogen and oxygen atoms in total. The maximum absolute atomic E-state index is 11.8. The van der Waals surface area contributed by atoms with Crippen LogP contribution in [-0.4, -0.2) is 46.2 Å². The molecular weight excluding hydrogens is 288 g/mol. The molecule has 1 aliphatic heterocycles. The lowest BCUT2D eigenvalue weighted by Crippen LogP contribution is -2.40. The van der Waals surface area contributed by atoms with Crippen LogP contribution >= 0.6 is 11.8 Å². The maximum Gasteiger partial charge on any atom is 0.323 e. The van der Waals surface area contributed by atoms with Crippen LogP contribution in [0.1, 0.15) is 38.4 Å². The van der Waals surface area contributed by atoms with E-state index in [1.54, 1.807) is 11.8 Å². The van der Waals surface area contributed by atoms with Crippen LogP contribution < -0.4 is 5.32 Å². The van der Waals surface area contributed by atoms with Gasteiger partial charge in [-0.15, -0.1) is 10.2 Å². The predicted molar refractivity (Wildman–Crippen MR) is 82.4 cm³/mol. The Morgan fingerprint density at radius 3 is 3.05 bits per heavy atom. The second kappa shape index (κ2) is 8.38. The fourth-order valence-electron chi connectivity index (χ4n) is 2.39. The number of hydrogen-bond acceptors (Lipinski definition) is 6. The standard InChI is InChI=1S/C14H24N4O2S/c1-3-8-15-11(13(19)20-2)10-21-14-17-16-12-7-5-4-6-9-18(12)14/h11,15H,3-10H2,1-2H3. The van der Waals surface area contributed by atoms with Crippen LogP contribution in [0.2, 0.25) is 0 Å². The Bertz CT molecular complexity index is 464. The Hall–Kier alpha value is -1.08. The van der Waals surface area contributed by atoms with Crippen molar-refractivity contribution in [2.45, 2.75) is 56.8 Å². The van der Waals surface area contributed by atoms with Gasteiger partial charge in [-0.05, 0) is 25.8 Å². The van der Waals surface area contributed by atoms with Crippen LogP contribution in [0.15, 0.2) is 5.16 Å². The van der Waals surface area contributed by atoms with Crippen LogP contribution in [0, 0.1) is 0 Å². The molecule has 2 rings (SSSR count). The number of carbonyl (C=O) groups is 1. The van der Waals surface area contributed by atoms with Gasteiger partial charge < -0.3 is 14.6 Å². The Kier molecular flexibility index (Phi) is 6.50. The van der Waals surface area contributed by atoms with Crippen molar-refractivity contribution in [1.82, 2.24) is 20.1 Å². The van der Waals surface area contributed by atoms with Gasteiger partial charge in [0.25, 0.3) is 0 Å². The van der Waals surface area contributed by atoms with Crippen molar-refractivity contribution in [3.05, 3.63) is 5.82 Å². The zero-order chi connectivity index (χ0) is 15.1. The van der Waals surface area contributed by atoms with Crippen molar-refractivity contribution in [1.29, 1.82) is 0 Å². The lowest BCUT2D eigenvalue weighted by Gasteiger charge is -2.15. The van der Waals surface area contributed by atoms with E-state index in [1.165, 1.54) is 26.4 Å². The predicted octanol–water partition coefficient (Wildman–Crippen LogP) is 1.64. The van der Waals surface area contributed by atoms with E-state index >= 15 is 0 Å². The minimum atomic E-state index is -0.293. The second-order valence-electron chi connectivity index (χ2n) is 5.20.